The lowest BCUT2D eigenvalue weighted by Crippen LogP contribution is -2.25. The van der Waals surface area contributed by atoms with Gasteiger partial charge >= 0.3 is 0 Å². The Morgan fingerprint density at radius 3 is 2.63 bits per heavy atom. The van der Waals surface area contributed by atoms with Crippen LogP contribution in [0.5, 0.6) is 0 Å². The summed E-state index contributed by atoms with van der Waals surface area (Å²) in [5.41, 5.74) is 2.09. The highest BCUT2D eigenvalue weighted by molar-refractivity contribution is 5.94. The van der Waals surface area contributed by atoms with Crippen LogP contribution in [0.4, 0.5) is 0 Å². The zero-order valence-corrected chi connectivity index (χ0v) is 10.5. The molecule has 0 saturated carbocycles. The number of benzene rings is 1. The Bertz CT molecular complexity index is 794. The van der Waals surface area contributed by atoms with Crippen LogP contribution in [0.15, 0.2) is 47.1 Å². The topological polar surface area (TPSA) is 63.9 Å². The van der Waals surface area contributed by atoms with E-state index in [0.29, 0.717) is 11.4 Å². The molecule has 5 nitrogen and oxygen atoms in total. The second kappa shape index (κ2) is 4.28. The molecule has 0 atom stereocenters. The second-order valence-corrected chi connectivity index (χ2v) is 4.36. The molecule has 0 aliphatic carbocycles. The van der Waals surface area contributed by atoms with E-state index in [9.17, 15) is 4.79 Å². The monoisotopic (exact) mass is 255 g/mol. The molecule has 0 unspecified atom stereocenters. The van der Waals surface area contributed by atoms with Crippen molar-refractivity contribution in [1.82, 2.24) is 9.13 Å². The van der Waals surface area contributed by atoms with Gasteiger partial charge in [-0.2, -0.15) is 0 Å². The average molecular weight is 255 g/mol. The normalized spacial score (nSPS) is 11.0. The Labute approximate surface area is 109 Å². The number of Topliss-reactive ketones (excluding diaryl/α,β-unsaturated/α-hetero) is 1. The summed E-state index contributed by atoms with van der Waals surface area (Å²) >= 11 is 0. The standard InChI is InChI=1S/C14H13N3O2/c1-16-10-5-2-3-6-11(10)17(14(16)15)9-12(18)13-7-4-8-19-13/h2-8,15H,9H2,1H3. The minimum atomic E-state index is -0.139. The fourth-order valence-corrected chi connectivity index (χ4v) is 2.20. The van der Waals surface area contributed by atoms with Gasteiger partial charge in [0.1, 0.15) is 0 Å². The molecular formula is C14H13N3O2. The van der Waals surface area contributed by atoms with Gasteiger partial charge < -0.3 is 13.6 Å². The molecule has 19 heavy (non-hydrogen) atoms. The number of rotatable bonds is 3. The first-order chi connectivity index (χ1) is 9.18. The molecule has 0 radical (unpaired) electrons. The molecule has 0 saturated heterocycles. The van der Waals surface area contributed by atoms with E-state index in [1.807, 2.05) is 31.3 Å². The molecule has 2 heterocycles. The number of para-hydroxylation sites is 2. The van der Waals surface area contributed by atoms with Gasteiger partial charge in [-0.25, -0.2) is 0 Å². The number of imidazole rings is 1. The van der Waals surface area contributed by atoms with Crippen LogP contribution >= 0.6 is 0 Å². The van der Waals surface area contributed by atoms with Crippen molar-refractivity contribution in [3.8, 4) is 0 Å². The predicted octanol–water partition coefficient (Wildman–Crippen LogP) is 1.94. The number of carbonyl (C=O) groups excluding carboxylic acids is 1. The maximum Gasteiger partial charge on any atom is 0.217 e. The molecule has 0 spiro atoms. The fourth-order valence-electron chi connectivity index (χ4n) is 2.20. The minimum Gasteiger partial charge on any atom is -0.461 e. The molecule has 2 aromatic heterocycles. The summed E-state index contributed by atoms with van der Waals surface area (Å²) in [5, 5.41) is 8.09. The van der Waals surface area contributed by atoms with Crippen molar-refractivity contribution >= 4 is 16.8 Å². The predicted molar refractivity (Wildman–Crippen MR) is 69.8 cm³/mol. The SMILES string of the molecule is Cn1c(=N)n(CC(=O)c2ccco2)c2ccccc21. The van der Waals surface area contributed by atoms with Crippen LogP contribution in [0.1, 0.15) is 10.6 Å². The van der Waals surface area contributed by atoms with E-state index in [-0.39, 0.29) is 12.3 Å². The molecule has 0 amide bonds. The third-order valence-corrected chi connectivity index (χ3v) is 3.20. The maximum absolute atomic E-state index is 12.1. The first-order valence-corrected chi connectivity index (χ1v) is 5.94. The van der Waals surface area contributed by atoms with Crippen LogP contribution < -0.4 is 5.62 Å². The average Bonchev–Trinajstić information content (AvgIpc) is 3.03. The lowest BCUT2D eigenvalue weighted by atomic mass is 10.3. The third kappa shape index (κ3) is 1.79. The van der Waals surface area contributed by atoms with Crippen LogP contribution in [-0.2, 0) is 13.6 Å². The van der Waals surface area contributed by atoms with Gasteiger partial charge in [0.15, 0.2) is 5.76 Å². The maximum atomic E-state index is 12.1. The number of ketones is 1. The van der Waals surface area contributed by atoms with E-state index in [0.717, 1.165) is 11.0 Å². The Morgan fingerprint density at radius 2 is 1.95 bits per heavy atom. The molecule has 3 aromatic rings. The number of fused-ring (bicyclic) bond motifs is 1. The number of nitrogens with one attached hydrogen (secondary N) is 1. The Balaban J connectivity index is 2.09. The quantitative estimate of drug-likeness (QED) is 0.727. The van der Waals surface area contributed by atoms with Gasteiger partial charge in [-0.05, 0) is 24.3 Å². The number of aryl methyl sites for hydroxylation is 1. The molecule has 1 aromatic carbocycles. The molecule has 3 rings (SSSR count). The van der Waals surface area contributed by atoms with Crippen LogP contribution in [0.2, 0.25) is 0 Å². The highest BCUT2D eigenvalue weighted by atomic mass is 16.3. The molecule has 0 aliphatic heterocycles. The van der Waals surface area contributed by atoms with Crippen molar-refractivity contribution < 1.29 is 9.21 Å². The lowest BCUT2D eigenvalue weighted by molar-refractivity contribution is 0.0944. The van der Waals surface area contributed by atoms with Crippen LogP contribution in [0.25, 0.3) is 11.0 Å². The number of nitrogens with zero attached hydrogens (tertiary/aromatic N) is 2. The van der Waals surface area contributed by atoms with Gasteiger partial charge in [-0.15, -0.1) is 0 Å². The molecular weight excluding hydrogens is 242 g/mol. The van der Waals surface area contributed by atoms with Gasteiger partial charge in [0.05, 0.1) is 23.8 Å². The lowest BCUT2D eigenvalue weighted by Gasteiger charge is -2.01. The van der Waals surface area contributed by atoms with Gasteiger partial charge in [-0.1, -0.05) is 12.1 Å². The summed E-state index contributed by atoms with van der Waals surface area (Å²) in [6.45, 7) is 0.105. The molecule has 0 fully saturated rings. The fraction of sp³-hybridized carbons (Fsp3) is 0.143. The van der Waals surface area contributed by atoms with E-state index >= 15 is 0 Å². The number of aromatic nitrogens is 2. The molecule has 0 bridgehead atoms. The van der Waals surface area contributed by atoms with E-state index < -0.39 is 0 Å². The van der Waals surface area contributed by atoms with Crippen LogP contribution in [0.3, 0.4) is 0 Å². The van der Waals surface area contributed by atoms with Gasteiger partial charge in [0.2, 0.25) is 11.4 Å². The van der Waals surface area contributed by atoms with Gasteiger partial charge in [0.25, 0.3) is 0 Å². The summed E-state index contributed by atoms with van der Waals surface area (Å²) in [5.74, 6) is 0.180. The van der Waals surface area contributed by atoms with E-state index in [1.165, 1.54) is 6.26 Å². The number of furan rings is 1. The summed E-state index contributed by atoms with van der Waals surface area (Å²) < 4.78 is 8.53. The van der Waals surface area contributed by atoms with Crippen molar-refractivity contribution in [3.63, 3.8) is 0 Å². The molecule has 0 aliphatic rings. The summed E-state index contributed by atoms with van der Waals surface area (Å²) in [6, 6.07) is 11.0. The van der Waals surface area contributed by atoms with Crippen molar-refractivity contribution in [2.75, 3.05) is 0 Å². The molecule has 96 valence electrons. The van der Waals surface area contributed by atoms with Gasteiger partial charge in [-0.3, -0.25) is 10.2 Å². The first kappa shape index (κ1) is 11.5. The Morgan fingerprint density at radius 1 is 1.21 bits per heavy atom. The van der Waals surface area contributed by atoms with E-state index in [2.05, 4.69) is 0 Å². The highest BCUT2D eigenvalue weighted by Crippen LogP contribution is 2.12. The smallest absolute Gasteiger partial charge is 0.217 e. The number of hydrogen-bond donors (Lipinski definition) is 1. The zero-order valence-electron chi connectivity index (χ0n) is 10.5. The van der Waals surface area contributed by atoms with Gasteiger partial charge in [0, 0.05) is 7.05 Å². The van der Waals surface area contributed by atoms with E-state index in [4.69, 9.17) is 9.83 Å². The number of carbonyl (C=O) groups is 1. The third-order valence-electron chi connectivity index (χ3n) is 3.20. The van der Waals surface area contributed by atoms with Crippen molar-refractivity contribution in [3.05, 3.63) is 54.0 Å². The van der Waals surface area contributed by atoms with Crippen molar-refractivity contribution in [2.45, 2.75) is 6.54 Å². The Hall–Kier alpha value is -2.56. The second-order valence-electron chi connectivity index (χ2n) is 4.36. The molecule has 5 heteroatoms. The van der Waals surface area contributed by atoms with Crippen LogP contribution in [-0.4, -0.2) is 14.9 Å². The number of hydrogen-bond acceptors (Lipinski definition) is 3. The zero-order chi connectivity index (χ0) is 13.4. The summed E-state index contributed by atoms with van der Waals surface area (Å²) in [7, 11) is 1.82. The van der Waals surface area contributed by atoms with Crippen LogP contribution in [0, 0.1) is 5.41 Å². The summed E-state index contributed by atoms with van der Waals surface area (Å²) in [4.78, 5) is 12.1. The first-order valence-electron chi connectivity index (χ1n) is 5.94. The summed E-state index contributed by atoms with van der Waals surface area (Å²) in [6.07, 6.45) is 1.47. The minimum absolute atomic E-state index is 0.105. The molecule has 1 N–H and O–H groups in total. The highest BCUT2D eigenvalue weighted by Gasteiger charge is 2.14. The Kier molecular flexibility index (Phi) is 2.59. The van der Waals surface area contributed by atoms with Crippen molar-refractivity contribution in [1.29, 1.82) is 5.41 Å². The van der Waals surface area contributed by atoms with Crippen molar-refractivity contribution in [2.24, 2.45) is 7.05 Å². The largest absolute Gasteiger partial charge is 0.461 e. The van der Waals surface area contributed by atoms with E-state index in [1.54, 1.807) is 21.3 Å².